The standard InChI is InChI=1S/C15H12ClN3O2/c16-13-8-6-12(7-9-13)15(18-19-17,10-14(20)21)11-4-2-1-3-5-11/h1-9H,10H2,(H,20,21). The van der Waals surface area contributed by atoms with Crippen molar-refractivity contribution in [3.05, 3.63) is 81.2 Å². The average Bonchev–Trinajstić information content (AvgIpc) is 2.48. The molecule has 21 heavy (non-hydrogen) atoms. The number of nitrogens with zero attached hydrogens (tertiary/aromatic N) is 3. The van der Waals surface area contributed by atoms with Crippen LogP contribution in [-0.4, -0.2) is 11.1 Å². The topological polar surface area (TPSA) is 86.1 Å². The molecule has 0 bridgehead atoms. The van der Waals surface area contributed by atoms with Crippen LogP contribution in [0, 0.1) is 0 Å². The van der Waals surface area contributed by atoms with Crippen molar-refractivity contribution in [2.45, 2.75) is 12.0 Å². The molecule has 0 saturated heterocycles. The fraction of sp³-hybridized carbons (Fsp3) is 0.133. The number of carboxylic acid groups (broad SMARTS) is 1. The Kier molecular flexibility index (Phi) is 4.48. The van der Waals surface area contributed by atoms with E-state index in [1.54, 1.807) is 48.5 Å². The normalized spacial score (nSPS) is 13.0. The second kappa shape index (κ2) is 6.31. The number of hydrogen-bond acceptors (Lipinski definition) is 2. The first-order chi connectivity index (χ1) is 10.1. The maximum atomic E-state index is 11.3. The van der Waals surface area contributed by atoms with Crippen LogP contribution < -0.4 is 0 Å². The summed E-state index contributed by atoms with van der Waals surface area (Å²) < 4.78 is 0. The lowest BCUT2D eigenvalue weighted by Gasteiger charge is -2.28. The summed E-state index contributed by atoms with van der Waals surface area (Å²) in [5.74, 6) is -1.05. The molecule has 0 spiro atoms. The molecule has 5 nitrogen and oxygen atoms in total. The third-order valence-electron chi connectivity index (χ3n) is 3.20. The van der Waals surface area contributed by atoms with Crippen LogP contribution in [0.2, 0.25) is 5.02 Å². The van der Waals surface area contributed by atoms with E-state index in [0.717, 1.165) is 0 Å². The molecule has 0 radical (unpaired) electrons. The fourth-order valence-corrected chi connectivity index (χ4v) is 2.38. The first kappa shape index (κ1) is 14.9. The smallest absolute Gasteiger partial charge is 0.304 e. The van der Waals surface area contributed by atoms with Crippen molar-refractivity contribution >= 4 is 17.6 Å². The van der Waals surface area contributed by atoms with Crippen LogP contribution in [0.5, 0.6) is 0 Å². The van der Waals surface area contributed by atoms with Crippen LogP contribution in [0.25, 0.3) is 10.4 Å². The Morgan fingerprint density at radius 2 is 1.71 bits per heavy atom. The lowest BCUT2D eigenvalue weighted by molar-refractivity contribution is -0.138. The number of halogens is 1. The number of hydrogen-bond donors (Lipinski definition) is 1. The van der Waals surface area contributed by atoms with Gasteiger partial charge >= 0.3 is 5.97 Å². The summed E-state index contributed by atoms with van der Waals surface area (Å²) in [6.07, 6.45) is -0.345. The van der Waals surface area contributed by atoms with Crippen LogP contribution in [-0.2, 0) is 10.3 Å². The molecule has 0 fully saturated rings. The minimum absolute atomic E-state index is 0.345. The van der Waals surface area contributed by atoms with E-state index in [9.17, 15) is 9.90 Å². The predicted octanol–water partition coefficient (Wildman–Crippen LogP) is 4.37. The molecule has 6 heteroatoms. The van der Waals surface area contributed by atoms with E-state index in [-0.39, 0.29) is 6.42 Å². The SMILES string of the molecule is [N-]=[N+]=NC(CC(=O)O)(c1ccccc1)c1ccc(Cl)cc1. The Morgan fingerprint density at radius 1 is 1.14 bits per heavy atom. The molecule has 0 heterocycles. The Bertz CT molecular complexity index is 682. The van der Waals surface area contributed by atoms with Gasteiger partial charge < -0.3 is 5.11 Å². The summed E-state index contributed by atoms with van der Waals surface area (Å²) in [5.41, 5.74) is 8.83. The largest absolute Gasteiger partial charge is 0.481 e. The molecule has 106 valence electrons. The fourth-order valence-electron chi connectivity index (χ4n) is 2.26. The maximum absolute atomic E-state index is 11.3. The molecule has 1 N–H and O–H groups in total. The number of carboxylic acids is 1. The van der Waals surface area contributed by atoms with Crippen molar-refractivity contribution in [1.82, 2.24) is 0 Å². The van der Waals surface area contributed by atoms with E-state index in [0.29, 0.717) is 16.1 Å². The van der Waals surface area contributed by atoms with E-state index in [1.807, 2.05) is 6.07 Å². The lowest BCUT2D eigenvalue weighted by atomic mass is 9.81. The second-order valence-electron chi connectivity index (χ2n) is 4.49. The third-order valence-corrected chi connectivity index (χ3v) is 3.45. The molecule has 0 saturated carbocycles. The molecule has 2 aromatic carbocycles. The summed E-state index contributed by atoms with van der Waals surface area (Å²) in [7, 11) is 0. The highest BCUT2D eigenvalue weighted by molar-refractivity contribution is 6.30. The van der Waals surface area contributed by atoms with Crippen LogP contribution >= 0.6 is 11.6 Å². The van der Waals surface area contributed by atoms with Crippen LogP contribution in [0.3, 0.4) is 0 Å². The number of aliphatic carboxylic acids is 1. The van der Waals surface area contributed by atoms with E-state index >= 15 is 0 Å². The molecule has 0 aliphatic heterocycles. The van der Waals surface area contributed by atoms with Crippen LogP contribution in [0.1, 0.15) is 17.5 Å². The number of carbonyl (C=O) groups is 1. The van der Waals surface area contributed by atoms with Crippen molar-refractivity contribution in [1.29, 1.82) is 0 Å². The van der Waals surface area contributed by atoms with Gasteiger partial charge in [-0.1, -0.05) is 59.2 Å². The summed E-state index contributed by atoms with van der Waals surface area (Å²) >= 11 is 5.87. The zero-order chi connectivity index (χ0) is 15.3. The number of benzene rings is 2. The van der Waals surface area contributed by atoms with Crippen LogP contribution in [0.4, 0.5) is 0 Å². The average molecular weight is 302 g/mol. The zero-order valence-corrected chi connectivity index (χ0v) is 11.7. The molecule has 0 aromatic heterocycles. The molecule has 2 aromatic rings. The van der Waals surface area contributed by atoms with Gasteiger partial charge in [0.05, 0.1) is 6.42 Å². The van der Waals surface area contributed by atoms with E-state index in [4.69, 9.17) is 17.1 Å². The molecular weight excluding hydrogens is 290 g/mol. The Morgan fingerprint density at radius 3 is 2.24 bits per heavy atom. The van der Waals surface area contributed by atoms with Crippen molar-refractivity contribution in [2.24, 2.45) is 5.11 Å². The van der Waals surface area contributed by atoms with Gasteiger partial charge in [-0.15, -0.1) is 0 Å². The highest BCUT2D eigenvalue weighted by atomic mass is 35.5. The summed E-state index contributed by atoms with van der Waals surface area (Å²) in [4.78, 5) is 14.2. The van der Waals surface area contributed by atoms with Gasteiger partial charge in [-0.05, 0) is 28.8 Å². The summed E-state index contributed by atoms with van der Waals surface area (Å²) in [6, 6.07) is 15.5. The van der Waals surface area contributed by atoms with E-state index in [1.165, 1.54) is 0 Å². The number of azide groups is 1. The van der Waals surface area contributed by atoms with Gasteiger partial charge in [0.25, 0.3) is 0 Å². The summed E-state index contributed by atoms with van der Waals surface area (Å²) in [6.45, 7) is 0. The first-order valence-electron chi connectivity index (χ1n) is 6.18. The van der Waals surface area contributed by atoms with Gasteiger partial charge in [0.15, 0.2) is 0 Å². The molecular formula is C15H12ClN3O2. The lowest BCUT2D eigenvalue weighted by Crippen LogP contribution is -2.28. The minimum Gasteiger partial charge on any atom is -0.481 e. The van der Waals surface area contributed by atoms with Crippen molar-refractivity contribution in [2.75, 3.05) is 0 Å². The quantitative estimate of drug-likeness (QED) is 0.505. The molecule has 2 rings (SSSR count). The van der Waals surface area contributed by atoms with Crippen molar-refractivity contribution in [3.8, 4) is 0 Å². The van der Waals surface area contributed by atoms with E-state index in [2.05, 4.69) is 10.0 Å². The Hall–Kier alpha value is -2.49. The van der Waals surface area contributed by atoms with Gasteiger partial charge in [-0.2, -0.15) is 0 Å². The van der Waals surface area contributed by atoms with Gasteiger partial charge in [-0.3, -0.25) is 4.79 Å². The Labute approximate surface area is 126 Å². The number of rotatable bonds is 5. The van der Waals surface area contributed by atoms with E-state index < -0.39 is 11.5 Å². The molecule has 0 aliphatic carbocycles. The zero-order valence-electron chi connectivity index (χ0n) is 11.0. The summed E-state index contributed by atoms with van der Waals surface area (Å²) in [5, 5.41) is 13.6. The van der Waals surface area contributed by atoms with Crippen molar-refractivity contribution < 1.29 is 9.90 Å². The molecule has 0 aliphatic rings. The predicted molar refractivity (Wildman–Crippen MR) is 80.1 cm³/mol. The maximum Gasteiger partial charge on any atom is 0.304 e. The van der Waals surface area contributed by atoms with Crippen LogP contribution in [0.15, 0.2) is 59.7 Å². The Balaban J connectivity index is 2.69. The highest BCUT2D eigenvalue weighted by Crippen LogP contribution is 2.38. The molecule has 0 amide bonds. The highest BCUT2D eigenvalue weighted by Gasteiger charge is 2.36. The minimum atomic E-state index is -1.30. The van der Waals surface area contributed by atoms with Gasteiger partial charge in [0.2, 0.25) is 0 Å². The monoisotopic (exact) mass is 301 g/mol. The second-order valence-corrected chi connectivity index (χ2v) is 4.93. The first-order valence-corrected chi connectivity index (χ1v) is 6.56. The van der Waals surface area contributed by atoms with Gasteiger partial charge in [-0.25, -0.2) is 0 Å². The van der Waals surface area contributed by atoms with Crippen molar-refractivity contribution in [3.63, 3.8) is 0 Å². The van der Waals surface area contributed by atoms with Gasteiger partial charge in [0.1, 0.15) is 5.54 Å². The third kappa shape index (κ3) is 3.16. The van der Waals surface area contributed by atoms with Gasteiger partial charge in [0, 0.05) is 9.93 Å². The molecule has 1 atom stereocenters. The molecule has 1 unspecified atom stereocenters.